The molecule has 1 aromatic carbocycles. The van der Waals surface area contributed by atoms with E-state index in [0.717, 1.165) is 26.2 Å². The second-order valence-corrected chi connectivity index (χ2v) is 5.97. The third kappa shape index (κ3) is 5.22. The van der Waals surface area contributed by atoms with Crippen molar-refractivity contribution >= 4 is 17.6 Å². The second kappa shape index (κ2) is 7.94. The van der Waals surface area contributed by atoms with Gasteiger partial charge in [-0.1, -0.05) is 6.07 Å². The van der Waals surface area contributed by atoms with Crippen LogP contribution in [0, 0.1) is 0 Å². The molecule has 1 saturated heterocycles. The Morgan fingerprint density at radius 3 is 2.61 bits per heavy atom. The molecule has 23 heavy (non-hydrogen) atoms. The lowest BCUT2D eigenvalue weighted by Crippen LogP contribution is -2.51. The van der Waals surface area contributed by atoms with Crippen LogP contribution in [0.25, 0.3) is 0 Å². The molecule has 0 radical (unpaired) electrons. The smallest absolute Gasteiger partial charge is 0.319 e. The van der Waals surface area contributed by atoms with Crippen molar-refractivity contribution < 1.29 is 9.59 Å². The van der Waals surface area contributed by atoms with E-state index in [9.17, 15) is 9.59 Å². The van der Waals surface area contributed by atoms with Crippen LogP contribution in [0.2, 0.25) is 0 Å². The van der Waals surface area contributed by atoms with Gasteiger partial charge in [0, 0.05) is 50.0 Å². The zero-order valence-electron chi connectivity index (χ0n) is 13.7. The van der Waals surface area contributed by atoms with Crippen LogP contribution in [-0.2, 0) is 0 Å². The third-order valence-electron chi connectivity index (χ3n) is 4.12. The van der Waals surface area contributed by atoms with Crippen LogP contribution in [0.15, 0.2) is 24.3 Å². The quantitative estimate of drug-likeness (QED) is 0.739. The molecule has 1 aliphatic heterocycles. The maximum absolute atomic E-state index is 12.0. The average Bonchev–Trinajstić information content (AvgIpc) is 2.53. The number of anilines is 1. The first kappa shape index (κ1) is 17.2. The van der Waals surface area contributed by atoms with Gasteiger partial charge in [-0.2, -0.15) is 0 Å². The summed E-state index contributed by atoms with van der Waals surface area (Å²) in [5.41, 5.74) is 6.14. The van der Waals surface area contributed by atoms with Gasteiger partial charge in [0.15, 0.2) is 0 Å². The van der Waals surface area contributed by atoms with Crippen molar-refractivity contribution in [2.45, 2.75) is 13.0 Å². The second-order valence-electron chi connectivity index (χ2n) is 5.97. The molecular weight excluding hydrogens is 294 g/mol. The van der Waals surface area contributed by atoms with Crippen LogP contribution in [0.4, 0.5) is 10.5 Å². The zero-order valence-corrected chi connectivity index (χ0v) is 13.7. The molecule has 3 amide bonds. The van der Waals surface area contributed by atoms with Gasteiger partial charge in [0.25, 0.3) is 0 Å². The lowest BCUT2D eigenvalue weighted by molar-refractivity contribution is 0.100. The molecule has 0 aliphatic carbocycles. The van der Waals surface area contributed by atoms with E-state index in [1.807, 2.05) is 0 Å². The maximum Gasteiger partial charge on any atom is 0.319 e. The van der Waals surface area contributed by atoms with Gasteiger partial charge in [0.05, 0.1) is 0 Å². The first-order valence-corrected chi connectivity index (χ1v) is 7.83. The molecule has 1 aromatic rings. The SMILES string of the molecule is CC(CNC(=O)Nc1cccc(C(N)=O)c1)N1CCN(C)CC1. The van der Waals surface area contributed by atoms with E-state index in [0.29, 0.717) is 17.8 Å². The number of hydrogen-bond acceptors (Lipinski definition) is 4. The van der Waals surface area contributed by atoms with Crippen LogP contribution in [-0.4, -0.2) is 67.6 Å². The van der Waals surface area contributed by atoms with Crippen molar-refractivity contribution in [1.29, 1.82) is 0 Å². The van der Waals surface area contributed by atoms with Crippen molar-refractivity contribution in [2.75, 3.05) is 45.1 Å². The summed E-state index contributed by atoms with van der Waals surface area (Å²) >= 11 is 0. The van der Waals surface area contributed by atoms with Crippen molar-refractivity contribution in [3.05, 3.63) is 29.8 Å². The summed E-state index contributed by atoms with van der Waals surface area (Å²) in [6.45, 7) is 6.82. The highest BCUT2D eigenvalue weighted by molar-refractivity contribution is 5.95. The van der Waals surface area contributed by atoms with E-state index in [2.05, 4.69) is 34.4 Å². The summed E-state index contributed by atoms with van der Waals surface area (Å²) < 4.78 is 0. The van der Waals surface area contributed by atoms with Crippen molar-refractivity contribution in [2.24, 2.45) is 5.73 Å². The molecule has 0 saturated carbocycles. The third-order valence-corrected chi connectivity index (χ3v) is 4.12. The van der Waals surface area contributed by atoms with Gasteiger partial charge in [0.2, 0.25) is 5.91 Å². The first-order valence-electron chi connectivity index (χ1n) is 7.83. The lowest BCUT2D eigenvalue weighted by Gasteiger charge is -2.36. The first-order chi connectivity index (χ1) is 11.0. The summed E-state index contributed by atoms with van der Waals surface area (Å²) in [7, 11) is 2.12. The van der Waals surface area contributed by atoms with Crippen LogP contribution < -0.4 is 16.4 Å². The molecule has 1 atom stereocenters. The van der Waals surface area contributed by atoms with Gasteiger partial charge in [-0.05, 0) is 32.2 Å². The summed E-state index contributed by atoms with van der Waals surface area (Å²) in [5.74, 6) is -0.516. The van der Waals surface area contributed by atoms with Crippen molar-refractivity contribution in [3.63, 3.8) is 0 Å². The Kier molecular flexibility index (Phi) is 5.95. The van der Waals surface area contributed by atoms with E-state index in [1.165, 1.54) is 0 Å². The maximum atomic E-state index is 12.0. The monoisotopic (exact) mass is 319 g/mol. The number of likely N-dealkylation sites (N-methyl/N-ethyl adjacent to an activating group) is 1. The fourth-order valence-corrected chi connectivity index (χ4v) is 2.56. The predicted molar refractivity (Wildman–Crippen MR) is 90.5 cm³/mol. The van der Waals surface area contributed by atoms with Gasteiger partial charge < -0.3 is 21.3 Å². The largest absolute Gasteiger partial charge is 0.366 e. The van der Waals surface area contributed by atoms with Gasteiger partial charge in [-0.15, -0.1) is 0 Å². The highest BCUT2D eigenvalue weighted by atomic mass is 16.2. The van der Waals surface area contributed by atoms with Crippen molar-refractivity contribution in [3.8, 4) is 0 Å². The molecule has 1 unspecified atom stereocenters. The molecule has 7 nitrogen and oxygen atoms in total. The average molecular weight is 319 g/mol. The fourth-order valence-electron chi connectivity index (χ4n) is 2.56. The molecule has 2 rings (SSSR count). The highest BCUT2D eigenvalue weighted by Crippen LogP contribution is 2.10. The van der Waals surface area contributed by atoms with Crippen molar-refractivity contribution in [1.82, 2.24) is 15.1 Å². The van der Waals surface area contributed by atoms with Crippen LogP contribution in [0.1, 0.15) is 17.3 Å². The molecule has 0 aromatic heterocycles. The molecule has 0 spiro atoms. The number of carbonyl (C=O) groups excluding carboxylic acids is 2. The van der Waals surface area contributed by atoms with Crippen LogP contribution >= 0.6 is 0 Å². The number of nitrogens with two attached hydrogens (primary N) is 1. The Hall–Kier alpha value is -2.12. The number of urea groups is 1. The number of primary amides is 1. The minimum Gasteiger partial charge on any atom is -0.366 e. The predicted octanol–water partition coefficient (Wildman–Crippen LogP) is 0.543. The molecule has 1 aliphatic rings. The summed E-state index contributed by atoms with van der Waals surface area (Å²) in [6.07, 6.45) is 0. The lowest BCUT2D eigenvalue weighted by atomic mass is 10.2. The number of rotatable bonds is 5. The zero-order chi connectivity index (χ0) is 16.8. The number of nitrogens with one attached hydrogen (secondary N) is 2. The van der Waals surface area contributed by atoms with E-state index in [1.54, 1.807) is 24.3 Å². The molecule has 0 bridgehead atoms. The number of hydrogen-bond donors (Lipinski definition) is 3. The Bertz CT molecular complexity index is 555. The number of amides is 3. The molecule has 7 heteroatoms. The Morgan fingerprint density at radius 2 is 1.96 bits per heavy atom. The van der Waals surface area contributed by atoms with Crippen LogP contribution in [0.3, 0.4) is 0 Å². The molecule has 4 N–H and O–H groups in total. The number of benzene rings is 1. The van der Waals surface area contributed by atoms with E-state index >= 15 is 0 Å². The topological polar surface area (TPSA) is 90.7 Å². The summed E-state index contributed by atoms with van der Waals surface area (Å²) in [6, 6.07) is 6.57. The standard InChI is InChI=1S/C16H25N5O2/c1-12(21-8-6-20(2)7-9-21)11-18-16(23)19-14-5-3-4-13(10-14)15(17)22/h3-5,10,12H,6-9,11H2,1-2H3,(H2,17,22)(H2,18,19,23). The molecular formula is C16H25N5O2. The van der Waals surface area contributed by atoms with E-state index in [-0.39, 0.29) is 12.1 Å². The number of piperazine rings is 1. The minimum atomic E-state index is -0.516. The van der Waals surface area contributed by atoms with Gasteiger partial charge in [-0.3, -0.25) is 9.69 Å². The number of carbonyl (C=O) groups is 2. The van der Waals surface area contributed by atoms with Crippen LogP contribution in [0.5, 0.6) is 0 Å². The van der Waals surface area contributed by atoms with Gasteiger partial charge in [0.1, 0.15) is 0 Å². The highest BCUT2D eigenvalue weighted by Gasteiger charge is 2.19. The normalized spacial score (nSPS) is 17.5. The summed E-state index contributed by atoms with van der Waals surface area (Å²) in [4.78, 5) is 27.8. The minimum absolute atomic E-state index is 0.284. The van der Waals surface area contributed by atoms with Gasteiger partial charge in [-0.25, -0.2) is 4.79 Å². The Morgan fingerprint density at radius 1 is 1.26 bits per heavy atom. The fraction of sp³-hybridized carbons (Fsp3) is 0.500. The molecule has 126 valence electrons. The Balaban J connectivity index is 1.78. The Labute approximate surface area is 136 Å². The number of nitrogens with zero attached hydrogens (tertiary/aromatic N) is 2. The van der Waals surface area contributed by atoms with Gasteiger partial charge >= 0.3 is 6.03 Å². The summed E-state index contributed by atoms with van der Waals surface area (Å²) in [5, 5.41) is 5.58. The molecule has 1 heterocycles. The van der Waals surface area contributed by atoms with E-state index in [4.69, 9.17) is 5.73 Å². The molecule has 1 fully saturated rings. The van der Waals surface area contributed by atoms with E-state index < -0.39 is 5.91 Å².